The van der Waals surface area contributed by atoms with E-state index in [0.717, 1.165) is 24.2 Å². The van der Waals surface area contributed by atoms with Gasteiger partial charge in [-0.15, -0.1) is 0 Å². The van der Waals surface area contributed by atoms with Crippen LogP contribution in [-0.2, 0) is 4.79 Å². The number of hydrogen-bond acceptors (Lipinski definition) is 4. The summed E-state index contributed by atoms with van der Waals surface area (Å²) in [6.07, 6.45) is 4.54. The van der Waals surface area contributed by atoms with Crippen LogP contribution in [0, 0.1) is 11.6 Å². The fourth-order valence-electron chi connectivity index (χ4n) is 3.74. The highest BCUT2D eigenvalue weighted by Gasteiger charge is 2.29. The lowest BCUT2D eigenvalue weighted by Crippen LogP contribution is -2.29. The fourth-order valence-corrected chi connectivity index (χ4v) is 3.74. The summed E-state index contributed by atoms with van der Waals surface area (Å²) in [5, 5.41) is 15.2. The van der Waals surface area contributed by atoms with Crippen LogP contribution in [0.1, 0.15) is 34.8 Å². The zero-order chi connectivity index (χ0) is 20.5. The first-order chi connectivity index (χ1) is 13.9. The number of aliphatic carboxylic acids is 1. The summed E-state index contributed by atoms with van der Waals surface area (Å²) in [4.78, 5) is 25.0. The Morgan fingerprint density at radius 2 is 2.07 bits per heavy atom. The molecule has 0 radical (unpaired) electrons. The number of carbonyl (C=O) groups is 2. The van der Waals surface area contributed by atoms with E-state index in [0.29, 0.717) is 24.0 Å². The molecular formula is C20H18F2N4O3. The first kappa shape index (κ1) is 18.9. The molecule has 4 rings (SSSR count). The van der Waals surface area contributed by atoms with Crippen LogP contribution in [0.15, 0.2) is 42.7 Å². The van der Waals surface area contributed by atoms with Gasteiger partial charge in [0.05, 0.1) is 23.3 Å². The Labute approximate surface area is 164 Å². The molecule has 1 aliphatic rings. The fraction of sp³-hybridized carbons (Fsp3) is 0.250. The van der Waals surface area contributed by atoms with E-state index >= 15 is 0 Å². The van der Waals surface area contributed by atoms with Crippen molar-refractivity contribution in [1.29, 1.82) is 0 Å². The lowest BCUT2D eigenvalue weighted by atomic mass is 10.0. The number of rotatable bonds is 5. The summed E-state index contributed by atoms with van der Waals surface area (Å²) in [5.41, 5.74) is 1.78. The Morgan fingerprint density at radius 3 is 2.86 bits per heavy atom. The van der Waals surface area contributed by atoms with Crippen LogP contribution in [0.4, 0.5) is 14.5 Å². The quantitative estimate of drug-likeness (QED) is 0.688. The third-order valence-electron chi connectivity index (χ3n) is 5.05. The van der Waals surface area contributed by atoms with Crippen molar-refractivity contribution in [1.82, 2.24) is 14.9 Å². The molecule has 0 bridgehead atoms. The van der Waals surface area contributed by atoms with Gasteiger partial charge in [-0.05, 0) is 43.2 Å². The Morgan fingerprint density at radius 1 is 1.24 bits per heavy atom. The van der Waals surface area contributed by atoms with E-state index in [1.807, 2.05) is 4.90 Å². The van der Waals surface area contributed by atoms with Gasteiger partial charge in [0, 0.05) is 24.0 Å². The van der Waals surface area contributed by atoms with Crippen LogP contribution in [0.3, 0.4) is 0 Å². The van der Waals surface area contributed by atoms with Crippen LogP contribution in [-0.4, -0.2) is 39.7 Å². The normalized spacial score (nSPS) is 16.3. The summed E-state index contributed by atoms with van der Waals surface area (Å²) in [5.74, 6) is -2.64. The average molecular weight is 400 g/mol. The maximum absolute atomic E-state index is 14.3. The molecule has 2 aromatic heterocycles. The lowest BCUT2D eigenvalue weighted by Gasteiger charge is -2.27. The number of carbonyl (C=O) groups excluding carboxylic acids is 1. The van der Waals surface area contributed by atoms with Gasteiger partial charge in [-0.1, -0.05) is 0 Å². The van der Waals surface area contributed by atoms with Crippen molar-refractivity contribution < 1.29 is 23.5 Å². The van der Waals surface area contributed by atoms with Crippen molar-refractivity contribution >= 4 is 23.1 Å². The third-order valence-corrected chi connectivity index (χ3v) is 5.05. The number of benzene rings is 1. The number of anilines is 1. The molecule has 3 aromatic rings. The summed E-state index contributed by atoms with van der Waals surface area (Å²) < 4.78 is 29.5. The highest BCUT2D eigenvalue weighted by atomic mass is 19.1. The minimum atomic E-state index is -1.15. The molecule has 0 aliphatic carbocycles. The Bertz CT molecular complexity index is 1100. The molecule has 0 unspecified atom stereocenters. The number of nitrogens with zero attached hydrogens (tertiary/aromatic N) is 3. The number of aromatic nitrogens is 2. The Balaban J connectivity index is 1.68. The van der Waals surface area contributed by atoms with Crippen molar-refractivity contribution in [3.8, 4) is 0 Å². The van der Waals surface area contributed by atoms with Crippen LogP contribution < -0.4 is 10.2 Å². The molecule has 7 nitrogen and oxygen atoms in total. The zero-order valence-electron chi connectivity index (χ0n) is 15.3. The lowest BCUT2D eigenvalue weighted by molar-refractivity contribution is -0.135. The van der Waals surface area contributed by atoms with Gasteiger partial charge >= 0.3 is 5.97 Å². The molecule has 3 heterocycles. The van der Waals surface area contributed by atoms with Gasteiger partial charge in [-0.3, -0.25) is 9.59 Å². The monoisotopic (exact) mass is 400 g/mol. The van der Waals surface area contributed by atoms with Gasteiger partial charge in [0.2, 0.25) is 0 Å². The highest BCUT2D eigenvalue weighted by Crippen LogP contribution is 2.38. The standard InChI is InChI=1S/C20H18F2N4O3/c21-12-3-4-16(22)14(8-12)17-2-1-6-25(17)13-5-7-26-18(9-13)15(10-24-26)20(29)23-11-19(27)28/h3-5,7-10,17H,1-2,6,11H2,(H,23,29)(H,27,28)/t17-/m1/s1. The molecule has 1 aromatic carbocycles. The molecule has 0 saturated carbocycles. The van der Waals surface area contributed by atoms with Crippen molar-refractivity contribution in [2.24, 2.45) is 0 Å². The minimum Gasteiger partial charge on any atom is -0.480 e. The van der Waals surface area contributed by atoms with Crippen LogP contribution in [0.25, 0.3) is 5.52 Å². The highest BCUT2D eigenvalue weighted by molar-refractivity contribution is 6.02. The number of nitrogens with one attached hydrogen (secondary N) is 1. The van der Waals surface area contributed by atoms with Gasteiger partial charge in [0.25, 0.3) is 5.91 Å². The molecular weight excluding hydrogens is 382 g/mol. The number of pyridine rings is 1. The molecule has 2 N–H and O–H groups in total. The molecule has 150 valence electrons. The van der Waals surface area contributed by atoms with Crippen molar-refractivity contribution in [3.05, 3.63) is 65.5 Å². The Kier molecular flexibility index (Phi) is 4.87. The number of carboxylic acid groups (broad SMARTS) is 1. The SMILES string of the molecule is O=C(O)CNC(=O)c1cnn2ccc(N3CCC[C@@H]3c3cc(F)ccc3F)cc12. The van der Waals surface area contributed by atoms with E-state index in [4.69, 9.17) is 5.11 Å². The van der Waals surface area contributed by atoms with E-state index in [-0.39, 0.29) is 11.6 Å². The second-order valence-corrected chi connectivity index (χ2v) is 6.87. The molecule has 1 saturated heterocycles. The molecule has 0 spiro atoms. The van der Waals surface area contributed by atoms with Gasteiger partial charge in [-0.25, -0.2) is 13.3 Å². The van der Waals surface area contributed by atoms with E-state index in [9.17, 15) is 18.4 Å². The topological polar surface area (TPSA) is 86.9 Å². The average Bonchev–Trinajstić information content (AvgIpc) is 3.34. The molecule has 9 heteroatoms. The predicted octanol–water partition coefficient (Wildman–Crippen LogP) is 2.77. The smallest absolute Gasteiger partial charge is 0.322 e. The van der Waals surface area contributed by atoms with Gasteiger partial charge in [0.15, 0.2) is 0 Å². The van der Waals surface area contributed by atoms with Gasteiger partial charge < -0.3 is 15.3 Å². The van der Waals surface area contributed by atoms with Gasteiger partial charge in [0.1, 0.15) is 18.2 Å². The van der Waals surface area contributed by atoms with Crippen LogP contribution in [0.2, 0.25) is 0 Å². The molecule has 29 heavy (non-hydrogen) atoms. The molecule has 1 fully saturated rings. The van der Waals surface area contributed by atoms with E-state index in [1.54, 1.807) is 18.3 Å². The summed E-state index contributed by atoms with van der Waals surface area (Å²) >= 11 is 0. The molecule has 1 atom stereocenters. The number of halogens is 2. The van der Waals surface area contributed by atoms with Crippen molar-refractivity contribution in [3.63, 3.8) is 0 Å². The second-order valence-electron chi connectivity index (χ2n) is 6.87. The largest absolute Gasteiger partial charge is 0.480 e. The minimum absolute atomic E-state index is 0.237. The van der Waals surface area contributed by atoms with Gasteiger partial charge in [-0.2, -0.15) is 5.10 Å². The number of amides is 1. The third kappa shape index (κ3) is 3.63. The van der Waals surface area contributed by atoms with E-state index < -0.39 is 30.1 Å². The van der Waals surface area contributed by atoms with E-state index in [1.165, 1.54) is 16.8 Å². The zero-order valence-corrected chi connectivity index (χ0v) is 15.3. The molecule has 1 amide bonds. The summed E-state index contributed by atoms with van der Waals surface area (Å²) in [6, 6.07) is 6.68. The number of hydrogen-bond donors (Lipinski definition) is 2. The first-order valence-corrected chi connectivity index (χ1v) is 9.13. The van der Waals surface area contributed by atoms with Crippen LogP contribution >= 0.6 is 0 Å². The summed E-state index contributed by atoms with van der Waals surface area (Å²) in [7, 11) is 0. The second kappa shape index (κ2) is 7.50. The predicted molar refractivity (Wildman–Crippen MR) is 101 cm³/mol. The number of fused-ring (bicyclic) bond motifs is 1. The maximum atomic E-state index is 14.3. The number of carboxylic acids is 1. The first-order valence-electron chi connectivity index (χ1n) is 9.13. The van der Waals surface area contributed by atoms with E-state index in [2.05, 4.69) is 10.4 Å². The van der Waals surface area contributed by atoms with Crippen LogP contribution in [0.5, 0.6) is 0 Å². The van der Waals surface area contributed by atoms with Crippen molar-refractivity contribution in [2.75, 3.05) is 18.0 Å². The maximum Gasteiger partial charge on any atom is 0.322 e. The Hall–Kier alpha value is -3.49. The van der Waals surface area contributed by atoms with Crippen molar-refractivity contribution in [2.45, 2.75) is 18.9 Å². The molecule has 1 aliphatic heterocycles. The summed E-state index contributed by atoms with van der Waals surface area (Å²) in [6.45, 7) is 0.161.